The number of likely N-dealkylation sites (tertiary alicyclic amines) is 1. The van der Waals surface area contributed by atoms with Gasteiger partial charge in [0.25, 0.3) is 0 Å². The molecule has 4 atom stereocenters. The van der Waals surface area contributed by atoms with E-state index in [1.165, 1.54) is 32.1 Å². The van der Waals surface area contributed by atoms with Crippen LogP contribution in [0.25, 0.3) is 0 Å². The number of carbonyl (C=O) groups excluding carboxylic acids is 1. The van der Waals surface area contributed by atoms with Gasteiger partial charge in [0, 0.05) is 25.0 Å². The SMILES string of the molecule is CCCC1CCCN(C(=O)C2CCC(N)C(C)C2)CC1. The van der Waals surface area contributed by atoms with Crippen molar-refractivity contribution >= 4 is 5.91 Å². The molecular formula is C17H32N2O. The lowest BCUT2D eigenvalue weighted by Crippen LogP contribution is -2.42. The number of nitrogens with two attached hydrogens (primary N) is 1. The lowest BCUT2D eigenvalue weighted by molar-refractivity contribution is -0.137. The van der Waals surface area contributed by atoms with Crippen molar-refractivity contribution < 1.29 is 4.79 Å². The van der Waals surface area contributed by atoms with E-state index in [0.717, 1.165) is 38.3 Å². The van der Waals surface area contributed by atoms with Crippen molar-refractivity contribution in [3.63, 3.8) is 0 Å². The fourth-order valence-corrected chi connectivity index (χ4v) is 3.98. The molecule has 20 heavy (non-hydrogen) atoms. The third kappa shape index (κ3) is 3.97. The van der Waals surface area contributed by atoms with Gasteiger partial charge in [0.05, 0.1) is 0 Å². The highest BCUT2D eigenvalue weighted by Gasteiger charge is 2.32. The van der Waals surface area contributed by atoms with Crippen LogP contribution in [0.1, 0.15) is 65.2 Å². The molecule has 0 aromatic rings. The predicted octanol–water partition coefficient (Wildman–Crippen LogP) is 3.18. The summed E-state index contributed by atoms with van der Waals surface area (Å²) in [6, 6.07) is 0.303. The molecule has 2 fully saturated rings. The van der Waals surface area contributed by atoms with E-state index in [2.05, 4.69) is 18.7 Å². The van der Waals surface area contributed by atoms with Crippen LogP contribution in [0.15, 0.2) is 0 Å². The van der Waals surface area contributed by atoms with E-state index in [4.69, 9.17) is 5.73 Å². The summed E-state index contributed by atoms with van der Waals surface area (Å²) >= 11 is 0. The van der Waals surface area contributed by atoms with Gasteiger partial charge in [0.1, 0.15) is 0 Å². The molecule has 0 radical (unpaired) electrons. The minimum absolute atomic E-state index is 0.243. The highest BCUT2D eigenvalue weighted by molar-refractivity contribution is 5.79. The van der Waals surface area contributed by atoms with Crippen molar-refractivity contribution in [1.29, 1.82) is 0 Å². The van der Waals surface area contributed by atoms with Crippen LogP contribution < -0.4 is 5.73 Å². The predicted molar refractivity (Wildman–Crippen MR) is 83.3 cm³/mol. The first kappa shape index (κ1) is 15.8. The molecule has 2 rings (SSSR count). The Labute approximate surface area is 124 Å². The zero-order valence-electron chi connectivity index (χ0n) is 13.3. The molecule has 3 nitrogen and oxygen atoms in total. The first-order valence-electron chi connectivity index (χ1n) is 8.66. The van der Waals surface area contributed by atoms with Crippen molar-refractivity contribution in [3.8, 4) is 0 Å². The Morgan fingerprint density at radius 3 is 2.70 bits per heavy atom. The Kier molecular flexibility index (Phi) is 5.88. The average molecular weight is 280 g/mol. The van der Waals surface area contributed by atoms with E-state index >= 15 is 0 Å². The Morgan fingerprint density at radius 1 is 1.20 bits per heavy atom. The maximum atomic E-state index is 12.7. The van der Waals surface area contributed by atoms with Gasteiger partial charge in [-0.2, -0.15) is 0 Å². The average Bonchev–Trinajstić information content (AvgIpc) is 2.67. The molecule has 3 heteroatoms. The number of hydrogen-bond donors (Lipinski definition) is 1. The highest BCUT2D eigenvalue weighted by Crippen LogP contribution is 2.30. The van der Waals surface area contributed by atoms with Crippen molar-refractivity contribution in [3.05, 3.63) is 0 Å². The normalized spacial score (nSPS) is 35.6. The molecule has 1 aliphatic heterocycles. The van der Waals surface area contributed by atoms with Crippen molar-refractivity contribution in [2.75, 3.05) is 13.1 Å². The summed E-state index contributed by atoms with van der Waals surface area (Å²) < 4.78 is 0. The first-order chi connectivity index (χ1) is 9.61. The molecule has 116 valence electrons. The smallest absolute Gasteiger partial charge is 0.225 e. The molecular weight excluding hydrogens is 248 g/mol. The minimum Gasteiger partial charge on any atom is -0.342 e. The quantitative estimate of drug-likeness (QED) is 0.863. The van der Waals surface area contributed by atoms with Gasteiger partial charge in [0.15, 0.2) is 0 Å². The Bertz CT molecular complexity index is 318. The number of amides is 1. The lowest BCUT2D eigenvalue weighted by atomic mass is 9.78. The molecule has 1 heterocycles. The summed E-state index contributed by atoms with van der Waals surface area (Å²) in [6.45, 7) is 6.43. The molecule has 0 aromatic carbocycles. The first-order valence-corrected chi connectivity index (χ1v) is 8.66. The van der Waals surface area contributed by atoms with Crippen LogP contribution in [0, 0.1) is 17.8 Å². The van der Waals surface area contributed by atoms with Gasteiger partial charge in [-0.05, 0) is 50.4 Å². The standard InChI is InChI=1S/C17H32N2O/c1-3-5-14-6-4-10-19(11-9-14)17(20)15-7-8-16(18)13(2)12-15/h13-16H,3-12,18H2,1-2H3. The van der Waals surface area contributed by atoms with Gasteiger partial charge >= 0.3 is 0 Å². The number of hydrogen-bond acceptors (Lipinski definition) is 2. The van der Waals surface area contributed by atoms with E-state index in [9.17, 15) is 4.79 Å². The van der Waals surface area contributed by atoms with Gasteiger partial charge in [-0.1, -0.05) is 26.7 Å². The molecule has 1 saturated carbocycles. The molecule has 1 amide bonds. The van der Waals surface area contributed by atoms with Crippen LogP contribution in [-0.2, 0) is 4.79 Å². The van der Waals surface area contributed by atoms with E-state index in [-0.39, 0.29) is 5.92 Å². The third-order valence-electron chi connectivity index (χ3n) is 5.44. The molecule has 1 aliphatic carbocycles. The van der Waals surface area contributed by atoms with Crippen molar-refractivity contribution in [2.45, 2.75) is 71.3 Å². The molecule has 4 unspecified atom stereocenters. The zero-order chi connectivity index (χ0) is 14.5. The van der Waals surface area contributed by atoms with Crippen LogP contribution in [0.3, 0.4) is 0 Å². The van der Waals surface area contributed by atoms with E-state index in [0.29, 0.717) is 17.9 Å². The molecule has 0 bridgehead atoms. The summed E-state index contributed by atoms with van der Waals surface area (Å²) in [4.78, 5) is 14.9. The molecule has 0 spiro atoms. The number of carbonyl (C=O) groups is 1. The maximum absolute atomic E-state index is 12.7. The van der Waals surface area contributed by atoms with Crippen molar-refractivity contribution in [1.82, 2.24) is 4.90 Å². The van der Waals surface area contributed by atoms with Crippen molar-refractivity contribution in [2.24, 2.45) is 23.5 Å². The van der Waals surface area contributed by atoms with Crippen LogP contribution >= 0.6 is 0 Å². The van der Waals surface area contributed by atoms with E-state index in [1.807, 2.05) is 0 Å². The van der Waals surface area contributed by atoms with Crippen LogP contribution in [0.2, 0.25) is 0 Å². The molecule has 1 saturated heterocycles. The Morgan fingerprint density at radius 2 is 2.00 bits per heavy atom. The maximum Gasteiger partial charge on any atom is 0.225 e. The molecule has 0 aromatic heterocycles. The van der Waals surface area contributed by atoms with Crippen LogP contribution in [0.5, 0.6) is 0 Å². The molecule has 2 aliphatic rings. The van der Waals surface area contributed by atoms with Crippen LogP contribution in [0.4, 0.5) is 0 Å². The number of nitrogens with zero attached hydrogens (tertiary/aromatic N) is 1. The fraction of sp³-hybridized carbons (Fsp3) is 0.941. The summed E-state index contributed by atoms with van der Waals surface area (Å²) in [5.74, 6) is 2.00. The highest BCUT2D eigenvalue weighted by atomic mass is 16.2. The summed E-state index contributed by atoms with van der Waals surface area (Å²) in [7, 11) is 0. The minimum atomic E-state index is 0.243. The molecule has 2 N–H and O–H groups in total. The van der Waals surface area contributed by atoms with Gasteiger partial charge in [-0.25, -0.2) is 0 Å². The van der Waals surface area contributed by atoms with Crippen LogP contribution in [-0.4, -0.2) is 29.9 Å². The van der Waals surface area contributed by atoms with Gasteiger partial charge in [-0.15, -0.1) is 0 Å². The third-order valence-corrected chi connectivity index (χ3v) is 5.44. The second-order valence-electron chi connectivity index (χ2n) is 7.06. The van der Waals surface area contributed by atoms with E-state index < -0.39 is 0 Å². The summed E-state index contributed by atoms with van der Waals surface area (Å²) in [5.41, 5.74) is 6.07. The second-order valence-corrected chi connectivity index (χ2v) is 7.06. The topological polar surface area (TPSA) is 46.3 Å². The lowest BCUT2D eigenvalue weighted by Gasteiger charge is -2.34. The van der Waals surface area contributed by atoms with E-state index in [1.54, 1.807) is 0 Å². The summed E-state index contributed by atoms with van der Waals surface area (Å²) in [6.07, 6.45) is 9.33. The monoisotopic (exact) mass is 280 g/mol. The summed E-state index contributed by atoms with van der Waals surface area (Å²) in [5, 5.41) is 0. The zero-order valence-corrected chi connectivity index (χ0v) is 13.3. The Balaban J connectivity index is 1.86. The Hall–Kier alpha value is -0.570. The fourth-order valence-electron chi connectivity index (χ4n) is 3.98. The second kappa shape index (κ2) is 7.44. The van der Waals surface area contributed by atoms with Gasteiger partial charge in [-0.3, -0.25) is 4.79 Å². The largest absolute Gasteiger partial charge is 0.342 e. The van der Waals surface area contributed by atoms with Gasteiger partial charge in [0.2, 0.25) is 5.91 Å². The number of rotatable bonds is 3. The van der Waals surface area contributed by atoms with Gasteiger partial charge < -0.3 is 10.6 Å².